The van der Waals surface area contributed by atoms with Crippen LogP contribution in [0.25, 0.3) is 0 Å². The molecular formula is C15H27N3. The molecule has 0 saturated heterocycles. The number of imidazole rings is 1. The Hall–Kier alpha value is -0.830. The van der Waals surface area contributed by atoms with Gasteiger partial charge in [0.1, 0.15) is 5.82 Å². The van der Waals surface area contributed by atoms with Crippen LogP contribution >= 0.6 is 0 Å². The van der Waals surface area contributed by atoms with Crippen LogP contribution in [0.15, 0.2) is 12.4 Å². The van der Waals surface area contributed by atoms with Gasteiger partial charge in [-0.05, 0) is 30.6 Å². The normalized spacial score (nSPS) is 19.2. The van der Waals surface area contributed by atoms with Crippen molar-refractivity contribution in [2.24, 2.45) is 18.4 Å². The molecule has 1 unspecified atom stereocenters. The zero-order valence-corrected chi connectivity index (χ0v) is 12.2. The summed E-state index contributed by atoms with van der Waals surface area (Å²) in [5, 5.41) is 3.62. The number of rotatable bonds is 7. The first-order chi connectivity index (χ1) is 8.51. The molecule has 1 aliphatic rings. The molecule has 1 aliphatic carbocycles. The van der Waals surface area contributed by atoms with Crippen LogP contribution in [-0.2, 0) is 13.5 Å². The zero-order valence-electron chi connectivity index (χ0n) is 12.2. The number of nitrogens with one attached hydrogen (secondary N) is 1. The SMILES string of the molecule is CC(C)NCC(C)(CCc1nccn1C)C1CC1. The Labute approximate surface area is 111 Å². The van der Waals surface area contributed by atoms with E-state index in [1.54, 1.807) is 0 Å². The number of hydrogen-bond donors (Lipinski definition) is 1. The van der Waals surface area contributed by atoms with Crippen molar-refractivity contribution in [1.29, 1.82) is 0 Å². The van der Waals surface area contributed by atoms with Crippen molar-refractivity contribution in [1.82, 2.24) is 14.9 Å². The molecule has 0 radical (unpaired) electrons. The first kappa shape index (κ1) is 13.6. The summed E-state index contributed by atoms with van der Waals surface area (Å²) >= 11 is 0. The molecule has 18 heavy (non-hydrogen) atoms. The topological polar surface area (TPSA) is 29.9 Å². The van der Waals surface area contributed by atoms with E-state index < -0.39 is 0 Å². The predicted octanol–water partition coefficient (Wildman–Crippen LogP) is 2.77. The third-order valence-corrected chi connectivity index (χ3v) is 4.32. The molecule has 0 aromatic carbocycles. The average molecular weight is 249 g/mol. The van der Waals surface area contributed by atoms with Crippen LogP contribution in [-0.4, -0.2) is 22.1 Å². The molecule has 3 heteroatoms. The van der Waals surface area contributed by atoms with E-state index in [0.29, 0.717) is 11.5 Å². The summed E-state index contributed by atoms with van der Waals surface area (Å²) in [6.07, 6.45) is 9.10. The average Bonchev–Trinajstić information content (AvgIpc) is 3.09. The molecule has 0 bridgehead atoms. The minimum atomic E-state index is 0.441. The minimum Gasteiger partial charge on any atom is -0.338 e. The van der Waals surface area contributed by atoms with Crippen molar-refractivity contribution < 1.29 is 0 Å². The van der Waals surface area contributed by atoms with Gasteiger partial charge in [-0.2, -0.15) is 0 Å². The van der Waals surface area contributed by atoms with E-state index in [9.17, 15) is 0 Å². The summed E-state index contributed by atoms with van der Waals surface area (Å²) in [6, 6.07) is 0.580. The van der Waals surface area contributed by atoms with Crippen molar-refractivity contribution in [3.05, 3.63) is 18.2 Å². The van der Waals surface area contributed by atoms with Gasteiger partial charge in [0.2, 0.25) is 0 Å². The summed E-state index contributed by atoms with van der Waals surface area (Å²) in [6.45, 7) is 8.04. The Morgan fingerprint density at radius 2 is 2.22 bits per heavy atom. The molecule has 3 nitrogen and oxygen atoms in total. The van der Waals surface area contributed by atoms with Crippen molar-refractivity contribution in [3.63, 3.8) is 0 Å². The smallest absolute Gasteiger partial charge is 0.108 e. The van der Waals surface area contributed by atoms with Gasteiger partial charge < -0.3 is 9.88 Å². The highest BCUT2D eigenvalue weighted by atomic mass is 15.0. The molecule has 1 N–H and O–H groups in total. The van der Waals surface area contributed by atoms with Gasteiger partial charge in [-0.1, -0.05) is 20.8 Å². The molecule has 1 atom stereocenters. The van der Waals surface area contributed by atoms with Gasteiger partial charge in [0.05, 0.1) is 0 Å². The van der Waals surface area contributed by atoms with E-state index in [0.717, 1.165) is 18.9 Å². The number of aromatic nitrogens is 2. The van der Waals surface area contributed by atoms with Crippen LogP contribution in [0.4, 0.5) is 0 Å². The Kier molecular flexibility index (Phi) is 4.10. The molecule has 0 aliphatic heterocycles. The summed E-state index contributed by atoms with van der Waals surface area (Å²) in [7, 11) is 2.09. The van der Waals surface area contributed by atoms with Crippen molar-refractivity contribution >= 4 is 0 Å². The summed E-state index contributed by atoms with van der Waals surface area (Å²) in [5.41, 5.74) is 0.441. The Morgan fingerprint density at radius 1 is 1.50 bits per heavy atom. The molecule has 1 saturated carbocycles. The van der Waals surface area contributed by atoms with Gasteiger partial charge in [-0.15, -0.1) is 0 Å². The van der Waals surface area contributed by atoms with Gasteiger partial charge in [0.25, 0.3) is 0 Å². The molecule has 1 heterocycles. The van der Waals surface area contributed by atoms with Crippen molar-refractivity contribution in [3.8, 4) is 0 Å². The van der Waals surface area contributed by atoms with Crippen LogP contribution < -0.4 is 5.32 Å². The minimum absolute atomic E-state index is 0.441. The zero-order chi connectivity index (χ0) is 13.2. The quantitative estimate of drug-likeness (QED) is 0.805. The summed E-state index contributed by atoms with van der Waals surface area (Å²) in [5.74, 6) is 2.13. The van der Waals surface area contributed by atoms with Crippen molar-refractivity contribution in [2.75, 3.05) is 6.54 Å². The largest absolute Gasteiger partial charge is 0.338 e. The molecule has 102 valence electrons. The Balaban J connectivity index is 1.91. The first-order valence-corrected chi connectivity index (χ1v) is 7.21. The molecule has 0 spiro atoms. The third-order valence-electron chi connectivity index (χ3n) is 4.32. The van der Waals surface area contributed by atoms with Crippen LogP contribution in [0.3, 0.4) is 0 Å². The molecular weight excluding hydrogens is 222 g/mol. The maximum absolute atomic E-state index is 4.44. The number of nitrogens with zero attached hydrogens (tertiary/aromatic N) is 2. The monoisotopic (exact) mass is 249 g/mol. The second-order valence-electron chi connectivity index (χ2n) is 6.42. The van der Waals surface area contributed by atoms with Gasteiger partial charge in [0.15, 0.2) is 0 Å². The lowest BCUT2D eigenvalue weighted by Gasteiger charge is -2.31. The van der Waals surface area contributed by atoms with Crippen molar-refractivity contribution in [2.45, 2.75) is 52.5 Å². The molecule has 2 rings (SSSR count). The van der Waals surface area contributed by atoms with E-state index in [1.807, 2.05) is 12.4 Å². The molecule has 1 aromatic heterocycles. The van der Waals surface area contributed by atoms with Gasteiger partial charge in [-0.25, -0.2) is 4.98 Å². The molecule has 1 aromatic rings. The highest BCUT2D eigenvalue weighted by Crippen LogP contribution is 2.47. The maximum Gasteiger partial charge on any atom is 0.108 e. The van der Waals surface area contributed by atoms with Crippen LogP contribution in [0, 0.1) is 11.3 Å². The lowest BCUT2D eigenvalue weighted by Crippen LogP contribution is -2.37. The lowest BCUT2D eigenvalue weighted by atomic mass is 9.80. The Bertz CT molecular complexity index is 379. The van der Waals surface area contributed by atoms with E-state index in [-0.39, 0.29) is 0 Å². The predicted molar refractivity (Wildman–Crippen MR) is 75.5 cm³/mol. The third kappa shape index (κ3) is 3.35. The van der Waals surface area contributed by atoms with E-state index >= 15 is 0 Å². The highest BCUT2D eigenvalue weighted by Gasteiger charge is 2.40. The first-order valence-electron chi connectivity index (χ1n) is 7.21. The fraction of sp³-hybridized carbons (Fsp3) is 0.800. The van der Waals surface area contributed by atoms with E-state index in [2.05, 4.69) is 42.7 Å². The van der Waals surface area contributed by atoms with Gasteiger partial charge in [-0.3, -0.25) is 0 Å². The van der Waals surface area contributed by atoms with Crippen LogP contribution in [0.1, 0.15) is 45.9 Å². The standard InChI is InChI=1S/C15H27N3/c1-12(2)17-11-15(3,13-5-6-13)8-7-14-16-9-10-18(14)4/h9-10,12-13,17H,5-8,11H2,1-4H3. The fourth-order valence-electron chi connectivity index (χ4n) is 2.69. The van der Waals surface area contributed by atoms with Gasteiger partial charge >= 0.3 is 0 Å². The Morgan fingerprint density at radius 3 is 2.72 bits per heavy atom. The number of hydrogen-bond acceptors (Lipinski definition) is 2. The highest BCUT2D eigenvalue weighted by molar-refractivity contribution is 4.97. The second-order valence-corrected chi connectivity index (χ2v) is 6.42. The maximum atomic E-state index is 4.44. The van der Waals surface area contributed by atoms with E-state index in [4.69, 9.17) is 0 Å². The van der Waals surface area contributed by atoms with Gasteiger partial charge in [0, 0.05) is 38.4 Å². The fourth-order valence-corrected chi connectivity index (χ4v) is 2.69. The number of aryl methyl sites for hydroxylation is 2. The van der Waals surface area contributed by atoms with Crippen LogP contribution in [0.5, 0.6) is 0 Å². The van der Waals surface area contributed by atoms with Crippen LogP contribution in [0.2, 0.25) is 0 Å². The molecule has 0 amide bonds. The lowest BCUT2D eigenvalue weighted by molar-refractivity contribution is 0.228. The summed E-state index contributed by atoms with van der Waals surface area (Å²) < 4.78 is 2.14. The summed E-state index contributed by atoms with van der Waals surface area (Å²) in [4.78, 5) is 4.44. The van der Waals surface area contributed by atoms with E-state index in [1.165, 1.54) is 25.1 Å². The molecule has 1 fully saturated rings. The second kappa shape index (κ2) is 5.43.